The third kappa shape index (κ3) is 1.98. The number of hydrogen-bond donors (Lipinski definition) is 2. The van der Waals surface area contributed by atoms with Crippen LogP contribution in [0.5, 0.6) is 5.75 Å². The van der Waals surface area contributed by atoms with Crippen LogP contribution < -0.4 is 5.73 Å². The summed E-state index contributed by atoms with van der Waals surface area (Å²) in [5.41, 5.74) is 8.98. The van der Waals surface area contributed by atoms with Crippen LogP contribution in [0.2, 0.25) is 0 Å². The fraction of sp³-hybridized carbons (Fsp3) is 0.154. The van der Waals surface area contributed by atoms with E-state index in [4.69, 9.17) is 5.73 Å². The second-order valence-corrected chi connectivity index (χ2v) is 3.66. The van der Waals surface area contributed by atoms with E-state index in [1.165, 1.54) is 0 Å². The highest BCUT2D eigenvalue weighted by molar-refractivity contribution is 5.69. The Morgan fingerprint density at radius 2 is 1.94 bits per heavy atom. The Labute approximate surface area is 94.6 Å². The van der Waals surface area contributed by atoms with Gasteiger partial charge in [-0.3, -0.25) is 4.98 Å². The van der Waals surface area contributed by atoms with Crippen LogP contribution in [0.4, 0.5) is 5.69 Å². The molecular weight excluding hydrogens is 200 g/mol. The van der Waals surface area contributed by atoms with Gasteiger partial charge in [0.2, 0.25) is 0 Å². The first-order valence-electron chi connectivity index (χ1n) is 5.24. The minimum atomic E-state index is 0.118. The van der Waals surface area contributed by atoms with Crippen LogP contribution in [-0.4, -0.2) is 10.1 Å². The van der Waals surface area contributed by atoms with Gasteiger partial charge in [0.1, 0.15) is 5.75 Å². The summed E-state index contributed by atoms with van der Waals surface area (Å²) in [4.78, 5) is 4.24. The normalized spacial score (nSPS) is 10.3. The fourth-order valence-corrected chi connectivity index (χ4v) is 1.57. The molecule has 0 aliphatic heterocycles. The van der Waals surface area contributed by atoms with Crippen molar-refractivity contribution in [2.75, 3.05) is 5.73 Å². The molecule has 82 valence electrons. The van der Waals surface area contributed by atoms with Crippen LogP contribution in [0.25, 0.3) is 11.1 Å². The summed E-state index contributed by atoms with van der Waals surface area (Å²) in [6.45, 7) is 2.06. The lowest BCUT2D eigenvalue weighted by Crippen LogP contribution is -1.89. The molecule has 3 heteroatoms. The molecule has 1 heterocycles. The van der Waals surface area contributed by atoms with E-state index in [1.807, 2.05) is 18.2 Å². The Morgan fingerprint density at radius 1 is 1.19 bits per heavy atom. The summed E-state index contributed by atoms with van der Waals surface area (Å²) in [7, 11) is 0. The third-order valence-corrected chi connectivity index (χ3v) is 2.54. The quantitative estimate of drug-likeness (QED) is 0.596. The predicted molar refractivity (Wildman–Crippen MR) is 65.1 cm³/mol. The fourth-order valence-electron chi connectivity index (χ4n) is 1.57. The molecule has 1 aromatic carbocycles. The number of aromatic nitrogens is 1. The Bertz CT molecular complexity index is 509. The molecule has 0 atom stereocenters. The number of aryl methyl sites for hydroxylation is 1. The van der Waals surface area contributed by atoms with Gasteiger partial charge in [0, 0.05) is 11.9 Å². The van der Waals surface area contributed by atoms with E-state index in [9.17, 15) is 5.11 Å². The van der Waals surface area contributed by atoms with Crippen LogP contribution in [0.15, 0.2) is 36.5 Å². The highest BCUT2D eigenvalue weighted by atomic mass is 16.3. The number of anilines is 1. The molecule has 0 saturated heterocycles. The molecular formula is C13H14N2O. The Balaban J connectivity index is 2.46. The van der Waals surface area contributed by atoms with Crippen molar-refractivity contribution < 1.29 is 5.11 Å². The molecule has 2 aromatic rings. The van der Waals surface area contributed by atoms with Gasteiger partial charge < -0.3 is 10.8 Å². The zero-order chi connectivity index (χ0) is 11.5. The van der Waals surface area contributed by atoms with E-state index < -0.39 is 0 Å². The molecule has 0 bridgehead atoms. The summed E-state index contributed by atoms with van der Waals surface area (Å²) in [5.74, 6) is 0.118. The molecule has 0 aliphatic carbocycles. The minimum absolute atomic E-state index is 0.118. The van der Waals surface area contributed by atoms with Crippen molar-refractivity contribution >= 4 is 5.69 Å². The molecule has 0 radical (unpaired) electrons. The lowest BCUT2D eigenvalue weighted by atomic mass is 10.0. The Kier molecular flexibility index (Phi) is 2.77. The molecule has 0 spiro atoms. The van der Waals surface area contributed by atoms with Crippen molar-refractivity contribution in [1.82, 2.24) is 4.98 Å². The molecule has 3 nitrogen and oxygen atoms in total. The van der Waals surface area contributed by atoms with Crippen molar-refractivity contribution in [1.29, 1.82) is 0 Å². The number of nitrogen functional groups attached to an aromatic ring is 1. The highest BCUT2D eigenvalue weighted by Crippen LogP contribution is 2.27. The summed E-state index contributed by atoms with van der Waals surface area (Å²) < 4.78 is 0. The van der Waals surface area contributed by atoms with Gasteiger partial charge in [-0.25, -0.2) is 0 Å². The summed E-state index contributed by atoms with van der Waals surface area (Å²) in [6.07, 6.45) is 2.68. The maximum Gasteiger partial charge on any atom is 0.139 e. The zero-order valence-electron chi connectivity index (χ0n) is 9.14. The molecule has 3 N–H and O–H groups in total. The number of nitrogens with zero attached hydrogens (tertiary/aromatic N) is 1. The van der Waals surface area contributed by atoms with Gasteiger partial charge in [-0.15, -0.1) is 0 Å². The van der Waals surface area contributed by atoms with Gasteiger partial charge in [-0.2, -0.15) is 0 Å². The number of phenols is 1. The molecule has 0 saturated carbocycles. The Morgan fingerprint density at radius 3 is 2.62 bits per heavy atom. The average Bonchev–Trinajstić information content (AvgIpc) is 2.33. The number of benzene rings is 1. The van der Waals surface area contributed by atoms with Crippen molar-refractivity contribution in [2.24, 2.45) is 0 Å². The predicted octanol–water partition coefficient (Wildman–Crippen LogP) is 2.60. The number of aromatic hydroxyl groups is 1. The van der Waals surface area contributed by atoms with Gasteiger partial charge in [-0.05, 0) is 41.8 Å². The maximum absolute atomic E-state index is 9.55. The van der Waals surface area contributed by atoms with Gasteiger partial charge in [0.05, 0.1) is 5.69 Å². The molecule has 16 heavy (non-hydrogen) atoms. The minimum Gasteiger partial charge on any atom is -0.506 e. The van der Waals surface area contributed by atoms with Crippen molar-refractivity contribution in [3.05, 3.63) is 42.2 Å². The van der Waals surface area contributed by atoms with E-state index >= 15 is 0 Å². The van der Waals surface area contributed by atoms with Crippen LogP contribution in [0.3, 0.4) is 0 Å². The van der Waals surface area contributed by atoms with Crippen LogP contribution in [-0.2, 0) is 6.42 Å². The van der Waals surface area contributed by atoms with E-state index in [0.29, 0.717) is 5.69 Å². The van der Waals surface area contributed by atoms with Crippen molar-refractivity contribution in [3.8, 4) is 16.9 Å². The van der Waals surface area contributed by atoms with Crippen LogP contribution >= 0.6 is 0 Å². The van der Waals surface area contributed by atoms with Crippen molar-refractivity contribution in [2.45, 2.75) is 13.3 Å². The smallest absolute Gasteiger partial charge is 0.139 e. The number of pyridine rings is 1. The van der Waals surface area contributed by atoms with E-state index in [2.05, 4.69) is 11.9 Å². The standard InChI is InChI=1S/C13H14N2O/c1-2-11-7-10(5-6-15-11)9-3-4-12(14)13(16)8-9/h3-8,16H,2,14H2,1H3. The molecule has 1 aromatic heterocycles. The topological polar surface area (TPSA) is 59.1 Å². The Hall–Kier alpha value is -2.03. The van der Waals surface area contributed by atoms with Gasteiger partial charge >= 0.3 is 0 Å². The molecule has 0 amide bonds. The van der Waals surface area contributed by atoms with Crippen molar-refractivity contribution in [3.63, 3.8) is 0 Å². The number of rotatable bonds is 2. The lowest BCUT2D eigenvalue weighted by Gasteiger charge is -2.05. The monoisotopic (exact) mass is 214 g/mol. The third-order valence-electron chi connectivity index (χ3n) is 2.54. The number of nitrogens with two attached hydrogens (primary N) is 1. The largest absolute Gasteiger partial charge is 0.506 e. The molecule has 0 aliphatic rings. The van der Waals surface area contributed by atoms with Gasteiger partial charge in [-0.1, -0.05) is 13.0 Å². The van der Waals surface area contributed by atoms with Crippen LogP contribution in [0, 0.1) is 0 Å². The molecule has 0 unspecified atom stereocenters. The summed E-state index contributed by atoms with van der Waals surface area (Å²) >= 11 is 0. The highest BCUT2D eigenvalue weighted by Gasteiger charge is 2.02. The average molecular weight is 214 g/mol. The molecule has 0 fully saturated rings. The van der Waals surface area contributed by atoms with Gasteiger partial charge in [0.15, 0.2) is 0 Å². The maximum atomic E-state index is 9.55. The van der Waals surface area contributed by atoms with E-state index in [0.717, 1.165) is 23.2 Å². The van der Waals surface area contributed by atoms with E-state index in [1.54, 1.807) is 18.3 Å². The number of phenolic OH excluding ortho intramolecular Hbond substituents is 1. The second kappa shape index (κ2) is 4.23. The number of hydrogen-bond acceptors (Lipinski definition) is 3. The second-order valence-electron chi connectivity index (χ2n) is 3.66. The summed E-state index contributed by atoms with van der Waals surface area (Å²) in [6, 6.07) is 9.21. The van der Waals surface area contributed by atoms with Crippen LogP contribution in [0.1, 0.15) is 12.6 Å². The van der Waals surface area contributed by atoms with Gasteiger partial charge in [0.25, 0.3) is 0 Å². The van der Waals surface area contributed by atoms with E-state index in [-0.39, 0.29) is 5.75 Å². The summed E-state index contributed by atoms with van der Waals surface area (Å²) in [5, 5.41) is 9.55. The first-order chi connectivity index (χ1) is 7.70. The first kappa shape index (κ1) is 10.5. The first-order valence-corrected chi connectivity index (χ1v) is 5.24. The molecule has 2 rings (SSSR count). The lowest BCUT2D eigenvalue weighted by molar-refractivity contribution is 0.478. The zero-order valence-corrected chi connectivity index (χ0v) is 9.14. The SMILES string of the molecule is CCc1cc(-c2ccc(N)c(O)c2)ccn1.